The highest BCUT2D eigenvalue weighted by atomic mass is 19.4. The highest BCUT2D eigenvalue weighted by Crippen LogP contribution is 2.12. The van der Waals surface area contributed by atoms with E-state index in [-0.39, 0.29) is 19.1 Å². The van der Waals surface area contributed by atoms with E-state index in [0.29, 0.717) is 6.42 Å². The minimum Gasteiger partial charge on any atom is -0.396 e. The minimum absolute atomic E-state index is 0.00432. The van der Waals surface area contributed by atoms with Crippen molar-refractivity contribution in [1.82, 2.24) is 10.6 Å². The molecule has 7 heteroatoms. The van der Waals surface area contributed by atoms with Crippen LogP contribution in [-0.4, -0.2) is 37.0 Å². The molecule has 1 unspecified atom stereocenters. The Morgan fingerprint density at radius 3 is 2.44 bits per heavy atom. The molecule has 0 radical (unpaired) electrons. The Balaban J connectivity index is 3.71. The molecule has 16 heavy (non-hydrogen) atoms. The Labute approximate surface area is 92.2 Å². The maximum absolute atomic E-state index is 11.7. The highest BCUT2D eigenvalue weighted by molar-refractivity contribution is 5.73. The van der Waals surface area contributed by atoms with E-state index in [4.69, 9.17) is 5.11 Å². The van der Waals surface area contributed by atoms with Crippen molar-refractivity contribution in [3.05, 3.63) is 0 Å². The Morgan fingerprint density at radius 1 is 1.38 bits per heavy atom. The number of aliphatic hydroxyl groups excluding tert-OH is 1. The van der Waals surface area contributed by atoms with Crippen LogP contribution in [-0.2, 0) is 0 Å². The highest BCUT2D eigenvalue weighted by Gasteiger charge is 2.27. The van der Waals surface area contributed by atoms with Crippen LogP contribution in [0.25, 0.3) is 0 Å². The number of urea groups is 1. The zero-order chi connectivity index (χ0) is 12.6. The topological polar surface area (TPSA) is 61.4 Å². The third-order valence-corrected chi connectivity index (χ3v) is 2.12. The van der Waals surface area contributed by atoms with Gasteiger partial charge in [0.2, 0.25) is 0 Å². The largest absolute Gasteiger partial charge is 0.405 e. The molecule has 4 nitrogen and oxygen atoms in total. The molecule has 0 spiro atoms. The lowest BCUT2D eigenvalue weighted by Crippen LogP contribution is -2.42. The Morgan fingerprint density at radius 2 is 2.00 bits per heavy atom. The molecule has 0 fully saturated rings. The van der Waals surface area contributed by atoms with Gasteiger partial charge in [0.15, 0.2) is 0 Å². The first-order valence-corrected chi connectivity index (χ1v) is 5.08. The van der Waals surface area contributed by atoms with Gasteiger partial charge in [-0.25, -0.2) is 4.79 Å². The molecule has 96 valence electrons. The second kappa shape index (κ2) is 7.32. The zero-order valence-electron chi connectivity index (χ0n) is 9.10. The molecule has 0 aliphatic carbocycles. The van der Waals surface area contributed by atoms with E-state index >= 15 is 0 Å². The van der Waals surface area contributed by atoms with E-state index in [1.807, 2.05) is 6.92 Å². The maximum atomic E-state index is 11.7. The summed E-state index contributed by atoms with van der Waals surface area (Å²) in [7, 11) is 0. The van der Waals surface area contributed by atoms with Gasteiger partial charge in [-0.1, -0.05) is 13.3 Å². The van der Waals surface area contributed by atoms with Gasteiger partial charge in [0.1, 0.15) is 6.54 Å². The second-order valence-corrected chi connectivity index (χ2v) is 3.47. The third kappa shape index (κ3) is 8.34. The summed E-state index contributed by atoms with van der Waals surface area (Å²) in [6.07, 6.45) is -3.12. The molecule has 1 atom stereocenters. The van der Waals surface area contributed by atoms with E-state index in [0.717, 1.165) is 6.42 Å². The third-order valence-electron chi connectivity index (χ3n) is 2.12. The van der Waals surface area contributed by atoms with Gasteiger partial charge in [0.05, 0.1) is 0 Å². The molecule has 0 aliphatic heterocycles. The van der Waals surface area contributed by atoms with Gasteiger partial charge in [0.25, 0.3) is 0 Å². The average molecular weight is 242 g/mol. The van der Waals surface area contributed by atoms with E-state index in [1.54, 1.807) is 5.32 Å². The zero-order valence-corrected chi connectivity index (χ0v) is 9.10. The lowest BCUT2D eigenvalue weighted by molar-refractivity contribution is -0.122. The summed E-state index contributed by atoms with van der Waals surface area (Å²) in [6.45, 7) is 0.816. The predicted molar refractivity (Wildman–Crippen MR) is 52.9 cm³/mol. The molecule has 0 saturated heterocycles. The molecular formula is C9H17F3N2O2. The Bertz CT molecular complexity index is 209. The normalized spacial score (nSPS) is 13.3. The van der Waals surface area contributed by atoms with Crippen LogP contribution in [0.3, 0.4) is 0 Å². The molecule has 0 heterocycles. The first-order valence-electron chi connectivity index (χ1n) is 5.08. The van der Waals surface area contributed by atoms with Crippen molar-refractivity contribution < 1.29 is 23.1 Å². The first-order chi connectivity index (χ1) is 7.39. The number of carbonyl (C=O) groups excluding carboxylic acids is 1. The molecule has 3 N–H and O–H groups in total. The Kier molecular flexibility index (Phi) is 6.87. The van der Waals surface area contributed by atoms with Crippen LogP contribution in [0.4, 0.5) is 18.0 Å². The van der Waals surface area contributed by atoms with Crippen molar-refractivity contribution in [2.24, 2.45) is 5.92 Å². The van der Waals surface area contributed by atoms with Crippen LogP contribution >= 0.6 is 0 Å². The quantitative estimate of drug-likeness (QED) is 0.656. The van der Waals surface area contributed by atoms with E-state index in [2.05, 4.69) is 5.32 Å². The number of carbonyl (C=O) groups is 1. The van der Waals surface area contributed by atoms with E-state index in [1.165, 1.54) is 0 Å². The molecule has 0 bridgehead atoms. The standard InChI is InChI=1S/C9H17F3N2O2/c1-2-7(3-4-15)5-13-8(16)14-6-9(10,11)12/h7,15H,2-6H2,1H3,(H2,13,14,16). The van der Waals surface area contributed by atoms with Crippen LogP contribution in [0.1, 0.15) is 19.8 Å². The number of halogens is 3. The monoisotopic (exact) mass is 242 g/mol. The van der Waals surface area contributed by atoms with Crippen LogP contribution < -0.4 is 10.6 Å². The molecule has 2 amide bonds. The lowest BCUT2D eigenvalue weighted by atomic mass is 10.0. The summed E-state index contributed by atoms with van der Waals surface area (Å²) >= 11 is 0. The van der Waals surface area contributed by atoms with Gasteiger partial charge in [-0.2, -0.15) is 13.2 Å². The van der Waals surface area contributed by atoms with Crippen molar-refractivity contribution in [3.63, 3.8) is 0 Å². The molecule has 0 aromatic heterocycles. The average Bonchev–Trinajstić information content (AvgIpc) is 2.20. The molecule has 0 rings (SSSR count). The number of amides is 2. The van der Waals surface area contributed by atoms with Crippen molar-refractivity contribution in [3.8, 4) is 0 Å². The summed E-state index contributed by atoms with van der Waals surface area (Å²) in [4.78, 5) is 10.9. The maximum Gasteiger partial charge on any atom is 0.405 e. The smallest absolute Gasteiger partial charge is 0.396 e. The van der Waals surface area contributed by atoms with Gasteiger partial charge >= 0.3 is 12.2 Å². The van der Waals surface area contributed by atoms with Gasteiger partial charge in [-0.3, -0.25) is 0 Å². The lowest BCUT2D eigenvalue weighted by Gasteiger charge is -2.15. The first kappa shape index (κ1) is 15.0. The van der Waals surface area contributed by atoms with Crippen molar-refractivity contribution >= 4 is 6.03 Å². The van der Waals surface area contributed by atoms with Gasteiger partial charge in [-0.05, 0) is 12.3 Å². The van der Waals surface area contributed by atoms with Crippen molar-refractivity contribution in [2.75, 3.05) is 19.7 Å². The molecule has 0 aliphatic rings. The minimum atomic E-state index is -4.40. The summed E-state index contributed by atoms with van der Waals surface area (Å²) in [5, 5.41) is 12.7. The number of nitrogens with one attached hydrogen (secondary N) is 2. The number of hydrogen-bond donors (Lipinski definition) is 3. The molecule has 0 aromatic rings. The van der Waals surface area contributed by atoms with E-state index < -0.39 is 18.8 Å². The van der Waals surface area contributed by atoms with Crippen LogP contribution in [0.15, 0.2) is 0 Å². The summed E-state index contributed by atoms with van der Waals surface area (Å²) in [6, 6.07) is -0.839. The number of hydrogen-bond acceptors (Lipinski definition) is 2. The molecular weight excluding hydrogens is 225 g/mol. The predicted octanol–water partition coefficient (Wildman–Crippen LogP) is 1.26. The summed E-state index contributed by atoms with van der Waals surface area (Å²) in [5.41, 5.74) is 0. The number of rotatable bonds is 6. The summed E-state index contributed by atoms with van der Waals surface area (Å²) in [5.74, 6) is 0.0848. The SMILES string of the molecule is CCC(CCO)CNC(=O)NCC(F)(F)F. The van der Waals surface area contributed by atoms with Gasteiger partial charge < -0.3 is 15.7 Å². The number of alkyl halides is 3. The molecule has 0 saturated carbocycles. The second-order valence-electron chi connectivity index (χ2n) is 3.47. The Hall–Kier alpha value is -0.980. The number of aliphatic hydroxyl groups is 1. The van der Waals surface area contributed by atoms with Crippen molar-refractivity contribution in [2.45, 2.75) is 25.9 Å². The fourth-order valence-electron chi connectivity index (χ4n) is 1.11. The van der Waals surface area contributed by atoms with Crippen molar-refractivity contribution in [1.29, 1.82) is 0 Å². The van der Waals surface area contributed by atoms with Crippen LogP contribution in [0.5, 0.6) is 0 Å². The molecule has 0 aromatic carbocycles. The van der Waals surface area contributed by atoms with Gasteiger partial charge in [0, 0.05) is 13.2 Å². The van der Waals surface area contributed by atoms with Crippen LogP contribution in [0, 0.1) is 5.92 Å². The summed E-state index contributed by atoms with van der Waals surface area (Å²) < 4.78 is 35.2. The van der Waals surface area contributed by atoms with Crippen LogP contribution in [0.2, 0.25) is 0 Å². The fourth-order valence-corrected chi connectivity index (χ4v) is 1.11. The van der Waals surface area contributed by atoms with E-state index in [9.17, 15) is 18.0 Å². The van der Waals surface area contributed by atoms with Gasteiger partial charge in [-0.15, -0.1) is 0 Å². The fraction of sp³-hybridized carbons (Fsp3) is 0.889.